The number of benzene rings is 1. The molecule has 2 aromatic rings. The van der Waals surface area contributed by atoms with Crippen LogP contribution in [0.25, 0.3) is 0 Å². The largest absolute Gasteiger partial charge is 0.496 e. The molecule has 0 unspecified atom stereocenters. The van der Waals surface area contributed by atoms with E-state index in [1.807, 2.05) is 18.4 Å². The lowest BCUT2D eigenvalue weighted by atomic mass is 10.1. The number of thiophene rings is 1. The Morgan fingerprint density at radius 2 is 2.18 bits per heavy atom. The minimum atomic E-state index is -0.0567. The van der Waals surface area contributed by atoms with Crippen molar-refractivity contribution < 1.29 is 9.53 Å². The van der Waals surface area contributed by atoms with Gasteiger partial charge in [0.2, 0.25) is 5.78 Å². The second-order valence-electron chi connectivity index (χ2n) is 3.61. The molecule has 1 aromatic heterocycles. The summed E-state index contributed by atoms with van der Waals surface area (Å²) in [5.74, 6) is 0.504. The molecule has 0 aliphatic carbocycles. The average Bonchev–Trinajstić information content (AvgIpc) is 2.84. The first-order valence-electron chi connectivity index (χ1n) is 5.06. The van der Waals surface area contributed by atoms with Crippen molar-refractivity contribution in [2.45, 2.75) is 6.92 Å². The average molecular weight is 267 g/mol. The van der Waals surface area contributed by atoms with Crippen LogP contribution in [0.5, 0.6) is 5.75 Å². The Labute approximate surface area is 109 Å². The van der Waals surface area contributed by atoms with Crippen LogP contribution in [0, 0.1) is 6.92 Å². The van der Waals surface area contributed by atoms with Gasteiger partial charge in [0.25, 0.3) is 0 Å². The standard InChI is InChI=1S/C13H11ClO2S/c1-8-6-11(16-2)9(7-10(8)14)13(15)12-4-3-5-17-12/h3-7H,1-2H3. The van der Waals surface area contributed by atoms with Crippen LogP contribution < -0.4 is 4.74 Å². The summed E-state index contributed by atoms with van der Waals surface area (Å²) in [6.07, 6.45) is 0. The number of carbonyl (C=O) groups excluding carboxylic acids is 1. The van der Waals surface area contributed by atoms with E-state index in [1.165, 1.54) is 11.3 Å². The molecule has 0 fully saturated rings. The molecule has 0 saturated heterocycles. The summed E-state index contributed by atoms with van der Waals surface area (Å²) in [4.78, 5) is 12.9. The van der Waals surface area contributed by atoms with Crippen molar-refractivity contribution >= 4 is 28.7 Å². The second kappa shape index (κ2) is 4.90. The minimum absolute atomic E-state index is 0.0567. The molecule has 4 heteroatoms. The summed E-state index contributed by atoms with van der Waals surface area (Å²) < 4.78 is 5.23. The van der Waals surface area contributed by atoms with Crippen molar-refractivity contribution in [3.8, 4) is 5.75 Å². The summed E-state index contributed by atoms with van der Waals surface area (Å²) in [7, 11) is 1.55. The normalized spacial score (nSPS) is 10.3. The molecule has 0 aliphatic rings. The predicted molar refractivity (Wildman–Crippen MR) is 70.5 cm³/mol. The molecule has 0 spiro atoms. The fraction of sp³-hybridized carbons (Fsp3) is 0.154. The first kappa shape index (κ1) is 12.1. The van der Waals surface area contributed by atoms with E-state index in [9.17, 15) is 4.79 Å². The van der Waals surface area contributed by atoms with Gasteiger partial charge in [-0.25, -0.2) is 0 Å². The highest BCUT2D eigenvalue weighted by Gasteiger charge is 2.16. The maximum absolute atomic E-state index is 12.2. The van der Waals surface area contributed by atoms with Gasteiger partial charge in [-0.1, -0.05) is 17.7 Å². The lowest BCUT2D eigenvalue weighted by Gasteiger charge is -2.09. The number of ketones is 1. The Bertz CT molecular complexity index is 547. The van der Waals surface area contributed by atoms with Gasteiger partial charge < -0.3 is 4.74 Å². The molecule has 0 aliphatic heterocycles. The van der Waals surface area contributed by atoms with Crippen LogP contribution in [-0.2, 0) is 0 Å². The first-order chi connectivity index (χ1) is 8.13. The Kier molecular flexibility index (Phi) is 3.50. The summed E-state index contributed by atoms with van der Waals surface area (Å²) >= 11 is 7.45. The third-order valence-corrected chi connectivity index (χ3v) is 3.75. The predicted octanol–water partition coefficient (Wildman–Crippen LogP) is 3.95. The molecule has 0 saturated carbocycles. The number of aryl methyl sites for hydroxylation is 1. The molecule has 0 amide bonds. The van der Waals surface area contributed by atoms with E-state index in [2.05, 4.69) is 0 Å². The van der Waals surface area contributed by atoms with Gasteiger partial charge in [0.1, 0.15) is 5.75 Å². The molecule has 0 N–H and O–H groups in total. The number of rotatable bonds is 3. The van der Waals surface area contributed by atoms with E-state index < -0.39 is 0 Å². The Hall–Kier alpha value is -1.32. The van der Waals surface area contributed by atoms with Crippen LogP contribution in [0.3, 0.4) is 0 Å². The van der Waals surface area contributed by atoms with Gasteiger partial charge in [0.05, 0.1) is 17.6 Å². The molecular weight excluding hydrogens is 256 g/mol. The van der Waals surface area contributed by atoms with Crippen LogP contribution in [0.1, 0.15) is 20.8 Å². The maximum atomic E-state index is 12.2. The highest BCUT2D eigenvalue weighted by Crippen LogP contribution is 2.29. The van der Waals surface area contributed by atoms with Gasteiger partial charge >= 0.3 is 0 Å². The molecule has 2 nitrogen and oxygen atoms in total. The summed E-state index contributed by atoms with van der Waals surface area (Å²) in [5, 5.41) is 2.45. The fourth-order valence-electron chi connectivity index (χ4n) is 1.54. The van der Waals surface area contributed by atoms with Crippen LogP contribution in [-0.4, -0.2) is 12.9 Å². The number of methoxy groups -OCH3 is 1. The molecule has 17 heavy (non-hydrogen) atoms. The van der Waals surface area contributed by atoms with Crippen molar-refractivity contribution in [3.63, 3.8) is 0 Å². The Morgan fingerprint density at radius 3 is 2.76 bits per heavy atom. The third-order valence-electron chi connectivity index (χ3n) is 2.47. The maximum Gasteiger partial charge on any atom is 0.206 e. The number of hydrogen-bond donors (Lipinski definition) is 0. The second-order valence-corrected chi connectivity index (χ2v) is 4.96. The van der Waals surface area contributed by atoms with E-state index in [4.69, 9.17) is 16.3 Å². The summed E-state index contributed by atoms with van der Waals surface area (Å²) in [6, 6.07) is 7.08. The van der Waals surface area contributed by atoms with Crippen molar-refractivity contribution in [2.24, 2.45) is 0 Å². The zero-order chi connectivity index (χ0) is 12.4. The Morgan fingerprint density at radius 1 is 1.41 bits per heavy atom. The van der Waals surface area contributed by atoms with Gasteiger partial charge in [-0.05, 0) is 36.1 Å². The SMILES string of the molecule is COc1cc(C)c(Cl)cc1C(=O)c1cccs1. The topological polar surface area (TPSA) is 26.3 Å². The lowest BCUT2D eigenvalue weighted by molar-refractivity contribution is 0.103. The van der Waals surface area contributed by atoms with Crippen LogP contribution in [0.2, 0.25) is 5.02 Å². The van der Waals surface area contributed by atoms with E-state index in [0.717, 1.165) is 5.56 Å². The number of ether oxygens (including phenoxy) is 1. The highest BCUT2D eigenvalue weighted by atomic mass is 35.5. The van der Waals surface area contributed by atoms with Crippen LogP contribution in [0.15, 0.2) is 29.6 Å². The zero-order valence-corrected chi connectivity index (χ0v) is 11.1. The van der Waals surface area contributed by atoms with E-state index in [1.54, 1.807) is 25.3 Å². The van der Waals surface area contributed by atoms with E-state index in [0.29, 0.717) is 21.2 Å². The first-order valence-corrected chi connectivity index (χ1v) is 6.31. The summed E-state index contributed by atoms with van der Waals surface area (Å²) in [6.45, 7) is 1.88. The van der Waals surface area contributed by atoms with Gasteiger partial charge in [0.15, 0.2) is 0 Å². The van der Waals surface area contributed by atoms with Crippen molar-refractivity contribution in [1.29, 1.82) is 0 Å². The van der Waals surface area contributed by atoms with Gasteiger partial charge in [-0.2, -0.15) is 0 Å². The molecule has 0 bridgehead atoms. The third kappa shape index (κ3) is 2.35. The number of carbonyl (C=O) groups is 1. The zero-order valence-electron chi connectivity index (χ0n) is 9.49. The molecule has 1 heterocycles. The Balaban J connectivity index is 2.51. The van der Waals surface area contributed by atoms with Gasteiger partial charge in [-0.15, -0.1) is 11.3 Å². The minimum Gasteiger partial charge on any atom is -0.496 e. The quantitative estimate of drug-likeness (QED) is 0.787. The highest BCUT2D eigenvalue weighted by molar-refractivity contribution is 7.12. The monoisotopic (exact) mass is 266 g/mol. The van der Waals surface area contributed by atoms with E-state index >= 15 is 0 Å². The van der Waals surface area contributed by atoms with Crippen LogP contribution >= 0.6 is 22.9 Å². The van der Waals surface area contributed by atoms with Gasteiger partial charge in [0, 0.05) is 5.02 Å². The lowest BCUT2D eigenvalue weighted by Crippen LogP contribution is -2.02. The molecule has 1 aromatic carbocycles. The smallest absolute Gasteiger partial charge is 0.206 e. The fourth-order valence-corrected chi connectivity index (χ4v) is 2.38. The molecular formula is C13H11ClO2S. The van der Waals surface area contributed by atoms with Gasteiger partial charge in [-0.3, -0.25) is 4.79 Å². The van der Waals surface area contributed by atoms with Crippen molar-refractivity contribution in [1.82, 2.24) is 0 Å². The van der Waals surface area contributed by atoms with Crippen molar-refractivity contribution in [3.05, 3.63) is 50.7 Å². The van der Waals surface area contributed by atoms with Crippen LogP contribution in [0.4, 0.5) is 0 Å². The van der Waals surface area contributed by atoms with Crippen molar-refractivity contribution in [2.75, 3.05) is 7.11 Å². The molecule has 0 atom stereocenters. The summed E-state index contributed by atoms with van der Waals surface area (Å²) in [5.41, 5.74) is 1.40. The molecule has 0 radical (unpaired) electrons. The molecule has 2 rings (SSSR count). The molecule has 88 valence electrons. The number of halogens is 1. The van der Waals surface area contributed by atoms with E-state index in [-0.39, 0.29) is 5.78 Å². The number of hydrogen-bond acceptors (Lipinski definition) is 3.